The lowest BCUT2D eigenvalue weighted by molar-refractivity contribution is -0.115. The zero-order valence-electron chi connectivity index (χ0n) is 17.8. The molecule has 8 nitrogen and oxygen atoms in total. The molecule has 2 rings (SSSR count). The molecule has 1 heterocycles. The van der Waals surface area contributed by atoms with Crippen molar-refractivity contribution in [3.63, 3.8) is 0 Å². The third-order valence-corrected chi connectivity index (χ3v) is 5.27. The average Bonchev–Trinajstić information content (AvgIpc) is 3.13. The predicted molar refractivity (Wildman–Crippen MR) is 134 cm³/mol. The second-order valence-corrected chi connectivity index (χ2v) is 7.28. The minimum absolute atomic E-state index is 0. The van der Waals surface area contributed by atoms with E-state index < -0.39 is 0 Å². The fourth-order valence-electron chi connectivity index (χ4n) is 2.51. The van der Waals surface area contributed by atoms with Crippen LogP contribution in [0.5, 0.6) is 0 Å². The van der Waals surface area contributed by atoms with Gasteiger partial charge >= 0.3 is 5.97 Å². The number of aliphatic imine (C=N–C) groups is 1. The maximum absolute atomic E-state index is 12.2. The molecule has 0 aliphatic rings. The molecule has 1 unspecified atom stereocenters. The molecular formula is C21H26IN5O3S. The lowest BCUT2D eigenvalue weighted by Gasteiger charge is -2.16. The Kier molecular flexibility index (Phi) is 11.0. The van der Waals surface area contributed by atoms with Crippen molar-refractivity contribution in [2.24, 2.45) is 4.99 Å². The highest BCUT2D eigenvalue weighted by atomic mass is 127. The van der Waals surface area contributed by atoms with Crippen LogP contribution in [0.2, 0.25) is 0 Å². The molecule has 1 aromatic carbocycles. The molecule has 2 aromatic rings. The first kappa shape index (κ1) is 26.4. The van der Waals surface area contributed by atoms with Crippen molar-refractivity contribution < 1.29 is 14.3 Å². The van der Waals surface area contributed by atoms with Gasteiger partial charge in [0.25, 0.3) is 0 Å². The monoisotopic (exact) mass is 555 g/mol. The Morgan fingerprint density at radius 2 is 2.13 bits per heavy atom. The summed E-state index contributed by atoms with van der Waals surface area (Å²) in [6, 6.07) is 6.83. The van der Waals surface area contributed by atoms with E-state index in [-0.39, 0.29) is 48.4 Å². The number of terminal acetylenes is 1. The normalized spacial score (nSPS) is 11.5. The minimum atomic E-state index is -0.376. The number of carbonyl (C=O) groups is 2. The molecule has 0 aliphatic carbocycles. The minimum Gasteiger partial charge on any atom is -0.462 e. The molecule has 0 saturated heterocycles. The number of hydrogen-bond acceptors (Lipinski definition) is 6. The van der Waals surface area contributed by atoms with Crippen LogP contribution in [0, 0.1) is 19.3 Å². The highest BCUT2D eigenvalue weighted by molar-refractivity contribution is 14.0. The van der Waals surface area contributed by atoms with Crippen molar-refractivity contribution in [1.82, 2.24) is 15.6 Å². The van der Waals surface area contributed by atoms with Crippen molar-refractivity contribution in [3.8, 4) is 12.3 Å². The van der Waals surface area contributed by atoms with E-state index in [4.69, 9.17) is 11.2 Å². The first-order valence-corrected chi connectivity index (χ1v) is 10.2. The SMILES string of the molecule is C#Cc1cccc(NC(=O)CNC(=NC)NC(C)c2nc(C)c(C(=O)OCC)s2)c1.I. The van der Waals surface area contributed by atoms with E-state index in [0.29, 0.717) is 39.4 Å². The Labute approximate surface area is 203 Å². The summed E-state index contributed by atoms with van der Waals surface area (Å²) >= 11 is 1.27. The molecule has 0 aliphatic heterocycles. The second-order valence-electron chi connectivity index (χ2n) is 6.25. The first-order chi connectivity index (χ1) is 14.4. The highest BCUT2D eigenvalue weighted by Crippen LogP contribution is 2.24. The smallest absolute Gasteiger partial charge is 0.350 e. The molecule has 0 bridgehead atoms. The molecule has 0 fully saturated rings. The van der Waals surface area contributed by atoms with E-state index in [9.17, 15) is 9.59 Å². The fourth-order valence-corrected chi connectivity index (χ4v) is 3.47. The van der Waals surface area contributed by atoms with E-state index in [1.165, 1.54) is 11.3 Å². The van der Waals surface area contributed by atoms with Gasteiger partial charge in [0.15, 0.2) is 5.96 Å². The molecular weight excluding hydrogens is 529 g/mol. The fraction of sp³-hybridized carbons (Fsp3) is 0.333. The zero-order chi connectivity index (χ0) is 22.1. The Hall–Kier alpha value is -2.65. The quantitative estimate of drug-likeness (QED) is 0.160. The maximum Gasteiger partial charge on any atom is 0.350 e. The maximum atomic E-state index is 12.2. The van der Waals surface area contributed by atoms with Crippen LogP contribution in [0.1, 0.15) is 45.8 Å². The van der Waals surface area contributed by atoms with Gasteiger partial charge in [-0.3, -0.25) is 9.79 Å². The summed E-state index contributed by atoms with van der Waals surface area (Å²) in [4.78, 5) is 33.2. The van der Waals surface area contributed by atoms with Gasteiger partial charge in [-0.05, 0) is 39.0 Å². The number of nitrogens with zero attached hydrogens (tertiary/aromatic N) is 2. The lowest BCUT2D eigenvalue weighted by Crippen LogP contribution is -2.42. The van der Waals surface area contributed by atoms with Gasteiger partial charge in [-0.2, -0.15) is 0 Å². The number of thiazole rings is 1. The molecule has 0 radical (unpaired) electrons. The van der Waals surface area contributed by atoms with Crippen molar-refractivity contribution in [3.05, 3.63) is 45.4 Å². The van der Waals surface area contributed by atoms with E-state index in [0.717, 1.165) is 0 Å². The lowest BCUT2D eigenvalue weighted by atomic mass is 10.2. The van der Waals surface area contributed by atoms with Crippen molar-refractivity contribution in [2.45, 2.75) is 26.8 Å². The zero-order valence-corrected chi connectivity index (χ0v) is 21.0. The van der Waals surface area contributed by atoms with E-state index >= 15 is 0 Å². The third kappa shape index (κ3) is 7.84. The number of anilines is 1. The molecule has 1 aromatic heterocycles. The Bertz CT molecular complexity index is 984. The van der Waals surface area contributed by atoms with Crippen LogP contribution in [-0.2, 0) is 9.53 Å². The summed E-state index contributed by atoms with van der Waals surface area (Å²) in [6.07, 6.45) is 5.37. The van der Waals surface area contributed by atoms with Crippen molar-refractivity contribution in [2.75, 3.05) is 25.5 Å². The van der Waals surface area contributed by atoms with Crippen LogP contribution in [0.4, 0.5) is 5.69 Å². The molecule has 10 heteroatoms. The molecule has 0 saturated carbocycles. The van der Waals surface area contributed by atoms with Gasteiger partial charge in [-0.25, -0.2) is 9.78 Å². The number of esters is 1. The van der Waals surface area contributed by atoms with Crippen LogP contribution in [0.15, 0.2) is 29.3 Å². The Morgan fingerprint density at radius 3 is 2.77 bits per heavy atom. The van der Waals surface area contributed by atoms with Crippen LogP contribution < -0.4 is 16.0 Å². The number of carbonyl (C=O) groups excluding carboxylic acids is 2. The number of aryl methyl sites for hydroxylation is 1. The van der Waals surface area contributed by atoms with Gasteiger partial charge in [0, 0.05) is 18.3 Å². The summed E-state index contributed by atoms with van der Waals surface area (Å²) in [6.45, 7) is 5.75. The van der Waals surface area contributed by atoms with E-state index in [1.807, 2.05) is 6.92 Å². The molecule has 3 N–H and O–H groups in total. The van der Waals surface area contributed by atoms with Crippen LogP contribution in [-0.4, -0.2) is 43.0 Å². The molecule has 166 valence electrons. The van der Waals surface area contributed by atoms with E-state index in [2.05, 4.69) is 31.8 Å². The first-order valence-electron chi connectivity index (χ1n) is 9.36. The van der Waals surface area contributed by atoms with Crippen LogP contribution in [0.25, 0.3) is 0 Å². The molecule has 1 atom stereocenters. The van der Waals surface area contributed by atoms with E-state index in [1.54, 1.807) is 45.2 Å². The summed E-state index contributed by atoms with van der Waals surface area (Å²) in [5, 5.41) is 9.61. The number of rotatable bonds is 7. The second kappa shape index (κ2) is 12.9. The van der Waals surface area contributed by atoms with Gasteiger partial charge in [0.05, 0.1) is 24.9 Å². The number of halogens is 1. The molecule has 1 amide bonds. The van der Waals surface area contributed by atoms with Gasteiger partial charge in [-0.1, -0.05) is 12.0 Å². The number of amides is 1. The Balaban J connectivity index is 0.00000480. The topological polar surface area (TPSA) is 105 Å². The summed E-state index contributed by atoms with van der Waals surface area (Å²) in [5.41, 5.74) is 1.94. The Morgan fingerprint density at radius 1 is 1.39 bits per heavy atom. The molecule has 31 heavy (non-hydrogen) atoms. The van der Waals surface area contributed by atoms with Crippen LogP contribution in [0.3, 0.4) is 0 Å². The molecule has 0 spiro atoms. The third-order valence-electron chi connectivity index (χ3n) is 3.95. The number of benzene rings is 1. The highest BCUT2D eigenvalue weighted by Gasteiger charge is 2.20. The van der Waals surface area contributed by atoms with Gasteiger partial charge in [0.2, 0.25) is 5.91 Å². The van der Waals surface area contributed by atoms with Gasteiger partial charge in [0.1, 0.15) is 9.88 Å². The standard InChI is InChI=1S/C21H25N5O3S.HI/c1-6-15-9-8-10-16(11-15)26-17(27)12-23-21(22-5)25-14(4)19-24-13(3)18(30-19)20(28)29-7-2;/h1,8-11,14H,7,12H2,2-5H3,(H,26,27)(H2,22,23,25);1H. The largest absolute Gasteiger partial charge is 0.462 e. The summed E-state index contributed by atoms with van der Waals surface area (Å²) in [7, 11) is 1.60. The predicted octanol–water partition coefficient (Wildman–Crippen LogP) is 3.09. The van der Waals surface area contributed by atoms with Crippen molar-refractivity contribution in [1.29, 1.82) is 0 Å². The van der Waals surface area contributed by atoms with Crippen LogP contribution >= 0.6 is 35.3 Å². The number of hydrogen-bond donors (Lipinski definition) is 3. The number of aromatic nitrogens is 1. The number of ether oxygens (including phenoxy) is 1. The average molecular weight is 555 g/mol. The van der Waals surface area contributed by atoms with Gasteiger partial charge < -0.3 is 20.7 Å². The number of nitrogens with one attached hydrogen (secondary N) is 3. The summed E-state index contributed by atoms with van der Waals surface area (Å²) < 4.78 is 5.05. The van der Waals surface area contributed by atoms with Gasteiger partial charge in [-0.15, -0.1) is 41.7 Å². The van der Waals surface area contributed by atoms with Crippen molar-refractivity contribution >= 4 is 58.8 Å². The summed E-state index contributed by atoms with van der Waals surface area (Å²) in [5.74, 6) is 2.34. The number of guanidine groups is 1.